The van der Waals surface area contributed by atoms with Gasteiger partial charge in [-0.15, -0.1) is 0 Å². The van der Waals surface area contributed by atoms with Crippen LogP contribution in [-0.2, 0) is 30.2 Å². The van der Waals surface area contributed by atoms with Gasteiger partial charge < -0.3 is 14.2 Å². The summed E-state index contributed by atoms with van der Waals surface area (Å²) in [5, 5.41) is 0. The predicted octanol–water partition coefficient (Wildman–Crippen LogP) is 3.46. The van der Waals surface area contributed by atoms with E-state index in [4.69, 9.17) is 14.2 Å². The predicted molar refractivity (Wildman–Crippen MR) is 98.5 cm³/mol. The highest BCUT2D eigenvalue weighted by atomic mass is 16.7. The van der Waals surface area contributed by atoms with Gasteiger partial charge in [-0.2, -0.15) is 0 Å². The van der Waals surface area contributed by atoms with Crippen molar-refractivity contribution in [1.29, 1.82) is 0 Å². The number of fused-ring (bicyclic) bond motifs is 8. The van der Waals surface area contributed by atoms with Crippen molar-refractivity contribution in [1.82, 2.24) is 0 Å². The molecule has 5 aliphatic rings. The quantitative estimate of drug-likeness (QED) is 0.349. The van der Waals surface area contributed by atoms with Gasteiger partial charge in [0, 0.05) is 5.92 Å². The monoisotopic (exact) mass is 378 g/mol. The van der Waals surface area contributed by atoms with E-state index in [0.717, 1.165) is 24.8 Å². The van der Waals surface area contributed by atoms with Crippen LogP contribution in [-0.4, -0.2) is 18.2 Å². The van der Waals surface area contributed by atoms with E-state index >= 15 is 0 Å². The van der Waals surface area contributed by atoms with Crippen LogP contribution in [0.5, 0.6) is 0 Å². The van der Waals surface area contributed by atoms with Gasteiger partial charge in [0.05, 0.1) is 23.2 Å². The van der Waals surface area contributed by atoms with Crippen LogP contribution in [0.15, 0.2) is 48.3 Å². The van der Waals surface area contributed by atoms with Crippen molar-refractivity contribution in [2.75, 3.05) is 0 Å². The summed E-state index contributed by atoms with van der Waals surface area (Å²) in [6, 6.07) is 8.08. The Hall–Kier alpha value is -2.56. The molecule has 3 fully saturated rings. The second-order valence-corrected chi connectivity index (χ2v) is 8.63. The number of esters is 2. The first kappa shape index (κ1) is 16.4. The van der Waals surface area contributed by atoms with Gasteiger partial charge >= 0.3 is 11.9 Å². The number of ether oxygens (including phenoxy) is 3. The first-order valence-electron chi connectivity index (χ1n) is 10.2. The number of carbonyl (C=O) groups is 2. The van der Waals surface area contributed by atoms with Gasteiger partial charge in [-0.1, -0.05) is 43.3 Å². The number of carbonyl (C=O) groups excluding carboxylic acids is 2. The molecule has 0 spiro atoms. The fourth-order valence-electron chi connectivity index (χ4n) is 6.37. The van der Waals surface area contributed by atoms with Crippen molar-refractivity contribution in [3.63, 3.8) is 0 Å². The van der Waals surface area contributed by atoms with Crippen molar-refractivity contribution >= 4 is 11.9 Å². The summed E-state index contributed by atoms with van der Waals surface area (Å²) in [6.07, 6.45) is 7.52. The van der Waals surface area contributed by atoms with Crippen molar-refractivity contribution in [2.24, 2.45) is 29.1 Å². The van der Waals surface area contributed by atoms with Crippen molar-refractivity contribution in [3.05, 3.63) is 59.4 Å². The summed E-state index contributed by atoms with van der Waals surface area (Å²) >= 11 is 0. The highest BCUT2D eigenvalue weighted by Crippen LogP contribution is 2.63. The van der Waals surface area contributed by atoms with E-state index in [0.29, 0.717) is 11.5 Å². The van der Waals surface area contributed by atoms with E-state index in [1.54, 1.807) is 0 Å². The zero-order chi connectivity index (χ0) is 19.0. The molecule has 28 heavy (non-hydrogen) atoms. The lowest BCUT2D eigenvalue weighted by molar-refractivity contribution is -0.162. The molecule has 0 aromatic heterocycles. The van der Waals surface area contributed by atoms with Gasteiger partial charge in [-0.25, -0.2) is 4.79 Å². The Labute approximate surface area is 163 Å². The van der Waals surface area contributed by atoms with Crippen LogP contribution in [0.3, 0.4) is 0 Å². The third-order valence-corrected chi connectivity index (χ3v) is 7.68. The van der Waals surface area contributed by atoms with Crippen molar-refractivity contribution in [2.45, 2.75) is 38.6 Å². The molecule has 0 amide bonds. The minimum atomic E-state index is -0.629. The molecule has 2 bridgehead atoms. The molecule has 7 atom stereocenters. The fourth-order valence-corrected chi connectivity index (χ4v) is 6.37. The van der Waals surface area contributed by atoms with Gasteiger partial charge in [-0.05, 0) is 42.2 Å². The molecule has 0 radical (unpaired) electrons. The highest BCUT2D eigenvalue weighted by molar-refractivity contribution is 5.92. The number of hydrogen-bond donors (Lipinski definition) is 0. The highest BCUT2D eigenvalue weighted by Gasteiger charge is 2.68. The van der Waals surface area contributed by atoms with E-state index in [9.17, 15) is 9.59 Å². The summed E-state index contributed by atoms with van der Waals surface area (Å²) in [7, 11) is 0. The topological polar surface area (TPSA) is 61.8 Å². The lowest BCUT2D eigenvalue weighted by Crippen LogP contribution is -2.38. The molecule has 1 aromatic carbocycles. The third kappa shape index (κ3) is 1.87. The molecule has 3 aliphatic carbocycles. The van der Waals surface area contributed by atoms with Crippen LogP contribution in [0.1, 0.15) is 37.0 Å². The number of cyclic esters (lactones) is 1. The molecule has 1 saturated carbocycles. The largest absolute Gasteiger partial charge is 0.461 e. The number of rotatable bonds is 3. The fraction of sp³-hybridized carbons (Fsp3) is 0.478. The third-order valence-electron chi connectivity index (χ3n) is 7.68. The standard InChI is InChI=1S/C23H22O5/c1-2-23-14-8-7-13(9-14)18(23)21(28-22(23)25)26-11-17-16-10-12-5-3-4-6-15(12)19(16)27-20(17)24/h3-8,11,13-14,16,18-19,21H,2,9-10H2,1H3/t13-,14+,16?,18?,19?,21?,23+/m1/s1. The van der Waals surface area contributed by atoms with Crippen LogP contribution < -0.4 is 0 Å². The van der Waals surface area contributed by atoms with E-state index in [1.807, 2.05) is 18.2 Å². The molecule has 2 aliphatic heterocycles. The molecule has 0 N–H and O–H groups in total. The minimum absolute atomic E-state index is 0.0193. The van der Waals surface area contributed by atoms with E-state index in [1.165, 1.54) is 11.8 Å². The average Bonchev–Trinajstić information content (AvgIpc) is 3.47. The summed E-state index contributed by atoms with van der Waals surface area (Å²) in [4.78, 5) is 25.2. The van der Waals surface area contributed by atoms with Crippen LogP contribution in [0.2, 0.25) is 0 Å². The Morgan fingerprint density at radius 3 is 2.93 bits per heavy atom. The SMILES string of the molecule is CC[C@@]12C(=O)OC(OC=C3C(=O)OC4c5ccccc5CC34)C1[C@@H]1C=C[C@H]2C1. The maximum atomic E-state index is 12.8. The minimum Gasteiger partial charge on any atom is -0.461 e. The number of hydrogen-bond acceptors (Lipinski definition) is 5. The van der Waals surface area contributed by atoms with Gasteiger partial charge in [-0.3, -0.25) is 4.79 Å². The second-order valence-electron chi connectivity index (χ2n) is 8.63. The molecule has 5 heteroatoms. The lowest BCUT2D eigenvalue weighted by atomic mass is 9.68. The van der Waals surface area contributed by atoms with Crippen LogP contribution in [0.4, 0.5) is 0 Å². The molecular formula is C23H22O5. The maximum Gasteiger partial charge on any atom is 0.338 e. The van der Waals surface area contributed by atoms with Crippen LogP contribution in [0.25, 0.3) is 0 Å². The van der Waals surface area contributed by atoms with E-state index in [-0.39, 0.29) is 35.8 Å². The van der Waals surface area contributed by atoms with Crippen LogP contribution >= 0.6 is 0 Å². The Morgan fingerprint density at radius 1 is 1.21 bits per heavy atom. The second kappa shape index (κ2) is 5.49. The summed E-state index contributed by atoms with van der Waals surface area (Å²) in [6.45, 7) is 2.05. The van der Waals surface area contributed by atoms with Crippen LogP contribution in [0, 0.1) is 29.1 Å². The molecule has 2 heterocycles. The first-order chi connectivity index (χ1) is 13.6. The normalized spacial score (nSPS) is 43.1. The van der Waals surface area contributed by atoms with Gasteiger partial charge in [0.15, 0.2) is 0 Å². The summed E-state index contributed by atoms with van der Waals surface area (Å²) in [5.41, 5.74) is 2.38. The average molecular weight is 378 g/mol. The lowest BCUT2D eigenvalue weighted by Gasteiger charge is -2.31. The van der Waals surface area contributed by atoms with Gasteiger partial charge in [0.1, 0.15) is 6.10 Å². The molecule has 144 valence electrons. The van der Waals surface area contributed by atoms with Gasteiger partial charge in [0.25, 0.3) is 0 Å². The Kier molecular flexibility index (Phi) is 3.22. The number of allylic oxidation sites excluding steroid dienone is 2. The maximum absolute atomic E-state index is 12.8. The summed E-state index contributed by atoms with van der Waals surface area (Å²) < 4.78 is 17.3. The molecule has 5 nitrogen and oxygen atoms in total. The molecule has 2 saturated heterocycles. The number of benzene rings is 1. The molecular weight excluding hydrogens is 356 g/mol. The summed E-state index contributed by atoms with van der Waals surface area (Å²) in [5.74, 6) is 0.0535. The van der Waals surface area contributed by atoms with Gasteiger partial charge in [0.2, 0.25) is 6.29 Å². The zero-order valence-corrected chi connectivity index (χ0v) is 15.7. The van der Waals surface area contributed by atoms with E-state index in [2.05, 4.69) is 25.1 Å². The first-order valence-corrected chi connectivity index (χ1v) is 10.2. The Morgan fingerprint density at radius 2 is 2.07 bits per heavy atom. The van der Waals surface area contributed by atoms with Crippen molar-refractivity contribution < 1.29 is 23.8 Å². The Bertz CT molecular complexity index is 946. The van der Waals surface area contributed by atoms with Crippen molar-refractivity contribution in [3.8, 4) is 0 Å². The smallest absolute Gasteiger partial charge is 0.338 e. The molecule has 6 rings (SSSR count). The molecule has 1 aromatic rings. The van der Waals surface area contributed by atoms with E-state index < -0.39 is 11.7 Å². The molecule has 4 unspecified atom stereocenters. The Balaban J connectivity index is 1.28. The zero-order valence-electron chi connectivity index (χ0n) is 15.7.